The third kappa shape index (κ3) is 2.96. The minimum absolute atomic E-state index is 0.336. The molecule has 18 heavy (non-hydrogen) atoms. The van der Waals surface area contributed by atoms with Crippen molar-refractivity contribution in [2.24, 2.45) is 0 Å². The first-order valence-corrected chi connectivity index (χ1v) is 4.54. The molecule has 0 radical (unpaired) electrons. The number of carboxylic acid groups (broad SMARTS) is 1. The van der Waals surface area contributed by atoms with E-state index in [2.05, 4.69) is 0 Å². The Kier molecular flexibility index (Phi) is 3.59. The van der Waals surface area contributed by atoms with Crippen LogP contribution in [0.1, 0.15) is 22.8 Å². The fraction of sp³-hybridized carbons (Fsp3) is 0.200. The van der Waals surface area contributed by atoms with E-state index in [4.69, 9.17) is 5.11 Å². The van der Waals surface area contributed by atoms with Gasteiger partial charge in [-0.3, -0.25) is 4.79 Å². The van der Waals surface area contributed by atoms with Crippen LogP contribution in [0.2, 0.25) is 0 Å². The van der Waals surface area contributed by atoms with Crippen molar-refractivity contribution in [1.82, 2.24) is 0 Å². The molecule has 4 nitrogen and oxygen atoms in total. The Morgan fingerprint density at radius 3 is 2.22 bits per heavy atom. The molecule has 0 unspecified atom stereocenters. The lowest BCUT2D eigenvalue weighted by atomic mass is 10.1. The summed E-state index contributed by atoms with van der Waals surface area (Å²) >= 11 is 0. The van der Waals surface area contributed by atoms with Crippen molar-refractivity contribution >= 4 is 17.6 Å². The van der Waals surface area contributed by atoms with Crippen LogP contribution in [0.4, 0.5) is 23.2 Å². The molecular weight excluding hydrogens is 258 g/mol. The van der Waals surface area contributed by atoms with Crippen LogP contribution < -0.4 is 5.32 Å². The van der Waals surface area contributed by atoms with Crippen molar-refractivity contribution < 1.29 is 32.3 Å². The number of carbonyl (C=O) groups is 2. The average Bonchev–Trinajstić information content (AvgIpc) is 2.17. The number of nitrogens with one attached hydrogen (secondary N) is 1. The first-order chi connectivity index (χ1) is 8.12. The van der Waals surface area contributed by atoms with Gasteiger partial charge in [0.25, 0.3) is 0 Å². The number of rotatable bonds is 2. The van der Waals surface area contributed by atoms with Crippen molar-refractivity contribution in [2.45, 2.75) is 13.1 Å². The van der Waals surface area contributed by atoms with E-state index >= 15 is 0 Å². The minimum Gasteiger partial charge on any atom is -0.478 e. The zero-order chi connectivity index (χ0) is 14.1. The van der Waals surface area contributed by atoms with E-state index in [0.717, 1.165) is 6.92 Å². The number of alkyl halides is 3. The third-order valence-electron chi connectivity index (χ3n) is 1.93. The molecule has 0 aliphatic carbocycles. The monoisotopic (exact) mass is 265 g/mol. The highest BCUT2D eigenvalue weighted by molar-refractivity contribution is 5.93. The van der Waals surface area contributed by atoms with Crippen LogP contribution in [0.3, 0.4) is 0 Å². The van der Waals surface area contributed by atoms with Crippen LogP contribution in [0.25, 0.3) is 0 Å². The standard InChI is InChI=1S/C10H7F4NO3/c1-4(16)15-5-2-6(9(17)18)8(11)7(3-5)10(12,13)14/h2-3H,1H3,(H,15,16)(H,17,18). The smallest absolute Gasteiger partial charge is 0.419 e. The third-order valence-corrected chi connectivity index (χ3v) is 1.93. The van der Waals surface area contributed by atoms with Gasteiger partial charge in [0.15, 0.2) is 0 Å². The Labute approximate surface area is 98.2 Å². The summed E-state index contributed by atoms with van der Waals surface area (Å²) in [5.41, 5.74) is -3.34. The molecule has 0 saturated carbocycles. The maximum atomic E-state index is 13.3. The predicted molar refractivity (Wildman–Crippen MR) is 52.7 cm³/mol. The first-order valence-electron chi connectivity index (χ1n) is 4.54. The molecule has 0 heterocycles. The zero-order valence-electron chi connectivity index (χ0n) is 8.93. The number of hydrogen-bond donors (Lipinski definition) is 2. The molecule has 98 valence electrons. The van der Waals surface area contributed by atoms with E-state index in [1.54, 1.807) is 0 Å². The van der Waals surface area contributed by atoms with Gasteiger partial charge in [0.05, 0.1) is 11.1 Å². The Bertz CT molecular complexity index is 511. The van der Waals surface area contributed by atoms with Crippen molar-refractivity contribution in [3.8, 4) is 0 Å². The summed E-state index contributed by atoms with van der Waals surface area (Å²) in [5.74, 6) is -4.44. The van der Waals surface area contributed by atoms with Crippen molar-refractivity contribution in [3.63, 3.8) is 0 Å². The average molecular weight is 265 g/mol. The molecule has 0 bridgehead atoms. The maximum absolute atomic E-state index is 13.3. The van der Waals surface area contributed by atoms with Crippen LogP contribution >= 0.6 is 0 Å². The molecule has 0 atom stereocenters. The van der Waals surface area contributed by atoms with E-state index in [0.29, 0.717) is 12.1 Å². The Hall–Kier alpha value is -2.12. The first kappa shape index (κ1) is 13.9. The van der Waals surface area contributed by atoms with Gasteiger partial charge in [-0.15, -0.1) is 0 Å². The Morgan fingerprint density at radius 1 is 1.28 bits per heavy atom. The molecule has 1 rings (SSSR count). The number of hydrogen-bond acceptors (Lipinski definition) is 2. The topological polar surface area (TPSA) is 66.4 Å². The maximum Gasteiger partial charge on any atom is 0.419 e. The van der Waals surface area contributed by atoms with Gasteiger partial charge >= 0.3 is 12.1 Å². The van der Waals surface area contributed by atoms with Gasteiger partial charge in [0.2, 0.25) is 5.91 Å². The fourth-order valence-electron chi connectivity index (χ4n) is 1.26. The summed E-state index contributed by atoms with van der Waals surface area (Å²) in [4.78, 5) is 21.3. The lowest BCUT2D eigenvalue weighted by Crippen LogP contribution is -2.15. The number of aromatic carboxylic acids is 1. The van der Waals surface area contributed by atoms with Crippen molar-refractivity contribution in [3.05, 3.63) is 29.1 Å². The normalized spacial score (nSPS) is 11.2. The molecule has 0 aliphatic heterocycles. The lowest BCUT2D eigenvalue weighted by molar-refractivity contribution is -0.140. The molecule has 1 aromatic carbocycles. The highest BCUT2D eigenvalue weighted by Crippen LogP contribution is 2.34. The molecule has 8 heteroatoms. The summed E-state index contributed by atoms with van der Waals surface area (Å²) in [6.45, 7) is 1.02. The van der Waals surface area contributed by atoms with Gasteiger partial charge in [-0.25, -0.2) is 9.18 Å². The van der Waals surface area contributed by atoms with E-state index in [9.17, 15) is 27.2 Å². The number of halogens is 4. The van der Waals surface area contributed by atoms with Crippen LogP contribution in [-0.2, 0) is 11.0 Å². The summed E-state index contributed by atoms with van der Waals surface area (Å²) in [5, 5.41) is 10.6. The highest BCUT2D eigenvalue weighted by Gasteiger charge is 2.36. The van der Waals surface area contributed by atoms with Gasteiger partial charge in [0.1, 0.15) is 5.82 Å². The molecule has 0 fully saturated rings. The van der Waals surface area contributed by atoms with Crippen LogP contribution in [-0.4, -0.2) is 17.0 Å². The summed E-state index contributed by atoms with van der Waals surface area (Å²) in [7, 11) is 0. The quantitative estimate of drug-likeness (QED) is 0.807. The van der Waals surface area contributed by atoms with Crippen LogP contribution in [0.15, 0.2) is 12.1 Å². The van der Waals surface area contributed by atoms with E-state index in [1.165, 1.54) is 0 Å². The zero-order valence-corrected chi connectivity index (χ0v) is 8.93. The second-order valence-corrected chi connectivity index (χ2v) is 3.37. The van der Waals surface area contributed by atoms with Crippen molar-refractivity contribution in [2.75, 3.05) is 5.32 Å². The molecule has 1 aromatic rings. The lowest BCUT2D eigenvalue weighted by Gasteiger charge is -2.12. The van der Waals surface area contributed by atoms with Gasteiger partial charge in [-0.2, -0.15) is 13.2 Å². The van der Waals surface area contributed by atoms with E-state index < -0.39 is 40.7 Å². The van der Waals surface area contributed by atoms with Gasteiger partial charge in [-0.05, 0) is 12.1 Å². The largest absolute Gasteiger partial charge is 0.478 e. The number of benzene rings is 1. The van der Waals surface area contributed by atoms with Crippen LogP contribution in [0, 0.1) is 5.82 Å². The molecule has 0 saturated heterocycles. The number of amides is 1. The number of carboxylic acids is 1. The van der Waals surface area contributed by atoms with Gasteiger partial charge in [-0.1, -0.05) is 0 Å². The summed E-state index contributed by atoms with van der Waals surface area (Å²) < 4.78 is 50.7. The molecule has 0 spiro atoms. The highest BCUT2D eigenvalue weighted by atomic mass is 19.4. The van der Waals surface area contributed by atoms with Crippen molar-refractivity contribution in [1.29, 1.82) is 0 Å². The fourth-order valence-corrected chi connectivity index (χ4v) is 1.26. The second kappa shape index (κ2) is 4.63. The summed E-state index contributed by atoms with van der Waals surface area (Å²) in [6, 6.07) is 0.956. The SMILES string of the molecule is CC(=O)Nc1cc(C(=O)O)c(F)c(C(F)(F)F)c1. The molecular formula is C10H7F4NO3. The second-order valence-electron chi connectivity index (χ2n) is 3.37. The number of carbonyl (C=O) groups excluding carboxylic acids is 1. The summed E-state index contributed by atoms with van der Waals surface area (Å²) in [6.07, 6.45) is -5.05. The Balaban J connectivity index is 3.46. The molecule has 2 N–H and O–H groups in total. The minimum atomic E-state index is -5.05. The van der Waals surface area contributed by atoms with Gasteiger partial charge in [0, 0.05) is 12.6 Å². The van der Waals surface area contributed by atoms with E-state index in [1.807, 2.05) is 5.32 Å². The number of anilines is 1. The molecule has 1 amide bonds. The Morgan fingerprint density at radius 2 is 1.83 bits per heavy atom. The van der Waals surface area contributed by atoms with E-state index in [-0.39, 0.29) is 0 Å². The molecule has 0 aliphatic rings. The van der Waals surface area contributed by atoms with Crippen LogP contribution in [0.5, 0.6) is 0 Å². The molecule has 0 aromatic heterocycles. The van der Waals surface area contributed by atoms with Gasteiger partial charge < -0.3 is 10.4 Å². The predicted octanol–water partition coefficient (Wildman–Crippen LogP) is 2.50.